The van der Waals surface area contributed by atoms with Gasteiger partial charge in [0.15, 0.2) is 0 Å². The Morgan fingerprint density at radius 3 is 3.11 bits per heavy atom. The van der Waals surface area contributed by atoms with Gasteiger partial charge in [-0.2, -0.15) is 0 Å². The van der Waals surface area contributed by atoms with E-state index in [1.165, 1.54) is 7.11 Å². The summed E-state index contributed by atoms with van der Waals surface area (Å²) in [5.74, 6) is 0.918. The number of methoxy groups -OCH3 is 1. The summed E-state index contributed by atoms with van der Waals surface area (Å²) in [6.45, 7) is 2.13. The fourth-order valence-corrected chi connectivity index (χ4v) is 2.04. The van der Waals surface area contributed by atoms with Crippen LogP contribution in [0.25, 0.3) is 0 Å². The number of pyridine rings is 1. The first-order valence-corrected chi connectivity index (χ1v) is 5.97. The number of carbonyl (C=O) groups is 1. The highest BCUT2D eigenvalue weighted by atomic mass is 16.5. The van der Waals surface area contributed by atoms with Gasteiger partial charge < -0.3 is 20.7 Å². The Balaban J connectivity index is 1.93. The van der Waals surface area contributed by atoms with E-state index in [1.807, 2.05) is 12.1 Å². The largest absolute Gasteiger partial charge is 0.453 e. The minimum absolute atomic E-state index is 0.119. The van der Waals surface area contributed by atoms with E-state index in [9.17, 15) is 4.79 Å². The van der Waals surface area contributed by atoms with Gasteiger partial charge in [0.05, 0.1) is 13.2 Å². The molecule has 1 atom stereocenters. The lowest BCUT2D eigenvalue weighted by molar-refractivity contribution is 0.167. The maximum absolute atomic E-state index is 11.1. The summed E-state index contributed by atoms with van der Waals surface area (Å²) in [5.41, 5.74) is 6.55. The normalized spacial score (nSPS) is 18.8. The molecule has 0 aromatic carbocycles. The van der Waals surface area contributed by atoms with Gasteiger partial charge in [0.25, 0.3) is 0 Å². The molecule has 1 aromatic rings. The highest BCUT2D eigenvalue weighted by molar-refractivity contribution is 5.67. The zero-order valence-corrected chi connectivity index (χ0v) is 10.4. The topological polar surface area (TPSA) is 80.5 Å². The number of aromatic nitrogens is 1. The number of alkyl carbamates (subject to hydrolysis) is 1. The highest BCUT2D eigenvalue weighted by Gasteiger charge is 2.24. The number of hydrogen-bond donors (Lipinski definition) is 2. The lowest BCUT2D eigenvalue weighted by atomic mass is 10.3. The molecule has 3 N–H and O–H groups in total. The van der Waals surface area contributed by atoms with Crippen LogP contribution in [0.3, 0.4) is 0 Å². The molecule has 2 rings (SSSR count). The molecule has 1 aromatic heterocycles. The quantitative estimate of drug-likeness (QED) is 0.815. The van der Waals surface area contributed by atoms with E-state index in [-0.39, 0.29) is 12.1 Å². The Hall–Kier alpha value is -1.82. The van der Waals surface area contributed by atoms with Crippen LogP contribution in [0.15, 0.2) is 18.3 Å². The zero-order valence-electron chi connectivity index (χ0n) is 10.4. The van der Waals surface area contributed by atoms with E-state index in [0.717, 1.165) is 30.9 Å². The number of rotatable bonds is 3. The SMILES string of the molecule is COC(=O)NC1CCN(c2ccc(CN)cn2)C1. The number of nitrogens with zero attached hydrogens (tertiary/aromatic N) is 2. The van der Waals surface area contributed by atoms with Crippen molar-refractivity contribution >= 4 is 11.9 Å². The summed E-state index contributed by atoms with van der Waals surface area (Å²) in [4.78, 5) is 17.6. The monoisotopic (exact) mass is 250 g/mol. The third kappa shape index (κ3) is 2.89. The van der Waals surface area contributed by atoms with E-state index in [4.69, 9.17) is 5.73 Å². The van der Waals surface area contributed by atoms with Gasteiger partial charge in [-0.1, -0.05) is 6.07 Å². The second-order valence-electron chi connectivity index (χ2n) is 4.30. The van der Waals surface area contributed by atoms with Crippen LogP contribution < -0.4 is 16.0 Å². The standard InChI is InChI=1S/C12H18N4O2/c1-18-12(17)15-10-4-5-16(8-10)11-3-2-9(6-13)7-14-11/h2-3,7,10H,4-6,8,13H2,1H3,(H,15,17). The van der Waals surface area contributed by atoms with Crippen molar-refractivity contribution in [3.63, 3.8) is 0 Å². The Kier molecular flexibility index (Phi) is 3.99. The molecule has 0 saturated carbocycles. The predicted octanol–water partition coefficient (Wildman–Crippen LogP) is 0.475. The fraction of sp³-hybridized carbons (Fsp3) is 0.500. The molecule has 0 bridgehead atoms. The van der Waals surface area contributed by atoms with Crippen LogP contribution in [0.1, 0.15) is 12.0 Å². The van der Waals surface area contributed by atoms with Gasteiger partial charge in [0, 0.05) is 25.8 Å². The molecule has 6 heteroatoms. The van der Waals surface area contributed by atoms with Gasteiger partial charge in [0.2, 0.25) is 0 Å². The van der Waals surface area contributed by atoms with Crippen LogP contribution in [-0.4, -0.2) is 37.3 Å². The third-order valence-corrected chi connectivity index (χ3v) is 3.06. The van der Waals surface area contributed by atoms with Gasteiger partial charge in [0.1, 0.15) is 5.82 Å². The number of ether oxygens (including phenoxy) is 1. The summed E-state index contributed by atoms with van der Waals surface area (Å²) in [6.07, 6.45) is 2.31. The first-order chi connectivity index (χ1) is 8.72. The van der Waals surface area contributed by atoms with Gasteiger partial charge in [-0.25, -0.2) is 9.78 Å². The molecule has 98 valence electrons. The minimum atomic E-state index is -0.381. The molecule has 2 heterocycles. The lowest BCUT2D eigenvalue weighted by Gasteiger charge is -2.17. The van der Waals surface area contributed by atoms with Crippen molar-refractivity contribution in [3.05, 3.63) is 23.9 Å². The van der Waals surface area contributed by atoms with E-state index < -0.39 is 0 Å². The number of hydrogen-bond acceptors (Lipinski definition) is 5. The molecule has 6 nitrogen and oxygen atoms in total. The van der Waals surface area contributed by atoms with Crippen LogP contribution >= 0.6 is 0 Å². The summed E-state index contributed by atoms with van der Waals surface area (Å²) in [6, 6.07) is 4.06. The van der Waals surface area contributed by atoms with Crippen LogP contribution in [0, 0.1) is 0 Å². The van der Waals surface area contributed by atoms with Crippen molar-refractivity contribution in [1.82, 2.24) is 10.3 Å². The second-order valence-corrected chi connectivity index (χ2v) is 4.30. The van der Waals surface area contributed by atoms with Crippen molar-refractivity contribution in [3.8, 4) is 0 Å². The van der Waals surface area contributed by atoms with E-state index in [0.29, 0.717) is 6.54 Å². The molecule has 0 aliphatic carbocycles. The van der Waals surface area contributed by atoms with Gasteiger partial charge in [-0.05, 0) is 18.1 Å². The van der Waals surface area contributed by atoms with Crippen molar-refractivity contribution in [1.29, 1.82) is 0 Å². The zero-order chi connectivity index (χ0) is 13.0. The second kappa shape index (κ2) is 5.68. The Bertz CT molecular complexity index is 407. The molecule has 1 saturated heterocycles. The maximum Gasteiger partial charge on any atom is 0.407 e. The molecule has 0 radical (unpaired) electrons. The van der Waals surface area contributed by atoms with Crippen LogP contribution in [0.2, 0.25) is 0 Å². The molecule has 18 heavy (non-hydrogen) atoms. The first-order valence-electron chi connectivity index (χ1n) is 5.97. The predicted molar refractivity (Wildman–Crippen MR) is 68.3 cm³/mol. The van der Waals surface area contributed by atoms with E-state index in [2.05, 4.69) is 19.9 Å². The Morgan fingerprint density at radius 2 is 2.50 bits per heavy atom. The highest BCUT2D eigenvalue weighted by Crippen LogP contribution is 2.18. The van der Waals surface area contributed by atoms with Crippen molar-refractivity contribution < 1.29 is 9.53 Å². The fourth-order valence-electron chi connectivity index (χ4n) is 2.04. The third-order valence-electron chi connectivity index (χ3n) is 3.06. The molecular formula is C12H18N4O2. The molecule has 0 spiro atoms. The Morgan fingerprint density at radius 1 is 1.67 bits per heavy atom. The average molecular weight is 250 g/mol. The van der Waals surface area contributed by atoms with Crippen molar-refractivity contribution in [2.45, 2.75) is 19.0 Å². The summed E-state index contributed by atoms with van der Waals surface area (Å²) in [5, 5.41) is 2.80. The molecular weight excluding hydrogens is 232 g/mol. The first kappa shape index (κ1) is 12.6. The molecule has 1 amide bonds. The van der Waals surface area contributed by atoms with Gasteiger partial charge in [-0.15, -0.1) is 0 Å². The Labute approximate surface area is 106 Å². The van der Waals surface area contributed by atoms with Gasteiger partial charge in [-0.3, -0.25) is 0 Å². The lowest BCUT2D eigenvalue weighted by Crippen LogP contribution is -2.37. The van der Waals surface area contributed by atoms with Crippen LogP contribution in [0.5, 0.6) is 0 Å². The van der Waals surface area contributed by atoms with E-state index >= 15 is 0 Å². The molecule has 1 aliphatic rings. The molecule has 1 unspecified atom stereocenters. The van der Waals surface area contributed by atoms with Crippen molar-refractivity contribution in [2.24, 2.45) is 5.73 Å². The van der Waals surface area contributed by atoms with Crippen LogP contribution in [0.4, 0.5) is 10.6 Å². The van der Waals surface area contributed by atoms with Crippen LogP contribution in [-0.2, 0) is 11.3 Å². The van der Waals surface area contributed by atoms with Gasteiger partial charge >= 0.3 is 6.09 Å². The van der Waals surface area contributed by atoms with E-state index in [1.54, 1.807) is 6.20 Å². The number of nitrogens with one attached hydrogen (secondary N) is 1. The number of carbonyl (C=O) groups excluding carboxylic acids is 1. The number of nitrogens with two attached hydrogens (primary N) is 1. The summed E-state index contributed by atoms with van der Waals surface area (Å²) in [7, 11) is 1.37. The molecule has 1 fully saturated rings. The average Bonchev–Trinajstić information content (AvgIpc) is 2.87. The summed E-state index contributed by atoms with van der Waals surface area (Å²) >= 11 is 0. The molecule has 1 aliphatic heterocycles. The smallest absolute Gasteiger partial charge is 0.407 e. The summed E-state index contributed by atoms with van der Waals surface area (Å²) < 4.78 is 4.59. The maximum atomic E-state index is 11.1. The van der Waals surface area contributed by atoms with Crippen molar-refractivity contribution in [2.75, 3.05) is 25.1 Å². The minimum Gasteiger partial charge on any atom is -0.453 e. The number of amides is 1. The number of anilines is 1.